The highest BCUT2D eigenvalue weighted by molar-refractivity contribution is 7.21. The zero-order valence-corrected chi connectivity index (χ0v) is 11.1. The van der Waals surface area contributed by atoms with E-state index >= 15 is 0 Å². The first kappa shape index (κ1) is 12.2. The van der Waals surface area contributed by atoms with Crippen molar-refractivity contribution in [2.75, 3.05) is 11.9 Å². The van der Waals surface area contributed by atoms with Crippen LogP contribution in [0.25, 0.3) is 4.83 Å². The number of carboxylic acid groups (broad SMARTS) is 1. The summed E-state index contributed by atoms with van der Waals surface area (Å²) in [7, 11) is 0. The molecule has 1 aliphatic rings. The molecule has 0 bridgehead atoms. The van der Waals surface area contributed by atoms with Crippen LogP contribution in [0.2, 0.25) is 0 Å². The van der Waals surface area contributed by atoms with Gasteiger partial charge in [-0.25, -0.2) is 14.3 Å². The number of hydrogen-bond acceptors (Lipinski definition) is 5. The molecule has 0 saturated heterocycles. The minimum Gasteiger partial charge on any atom is -0.476 e. The number of aromatic nitrogens is 3. The van der Waals surface area contributed by atoms with Gasteiger partial charge in [0.25, 0.3) is 0 Å². The van der Waals surface area contributed by atoms with E-state index in [1.54, 1.807) is 0 Å². The van der Waals surface area contributed by atoms with Crippen molar-refractivity contribution in [2.45, 2.75) is 25.7 Å². The molecule has 0 amide bonds. The van der Waals surface area contributed by atoms with Crippen LogP contribution >= 0.6 is 11.3 Å². The van der Waals surface area contributed by atoms with Crippen LogP contribution in [0.15, 0.2) is 18.0 Å². The lowest BCUT2D eigenvalue weighted by atomic mass is 10.00. The third-order valence-corrected chi connectivity index (χ3v) is 4.15. The standard InChI is InChI=1S/C12H14N4O2S/c17-11(18)9-10-16(7-14-9)15-12(19-10)13-6-8-4-2-1-3-5-8/h4,7H,1-3,5-6H2,(H,13,15)(H,17,18). The normalized spacial score (nSPS) is 15.5. The number of nitrogens with zero attached hydrogens (tertiary/aromatic N) is 3. The Labute approximate surface area is 113 Å². The number of nitrogens with one attached hydrogen (secondary N) is 1. The molecule has 2 heterocycles. The molecule has 0 fully saturated rings. The summed E-state index contributed by atoms with van der Waals surface area (Å²) in [5, 5.41) is 17.2. The highest BCUT2D eigenvalue weighted by Gasteiger charge is 2.16. The molecule has 0 spiro atoms. The van der Waals surface area contributed by atoms with Crippen molar-refractivity contribution in [1.82, 2.24) is 14.6 Å². The van der Waals surface area contributed by atoms with Crippen molar-refractivity contribution in [3.63, 3.8) is 0 Å². The Kier molecular flexibility index (Phi) is 3.20. The van der Waals surface area contributed by atoms with Crippen LogP contribution in [0.5, 0.6) is 0 Å². The van der Waals surface area contributed by atoms with Crippen molar-refractivity contribution in [1.29, 1.82) is 0 Å². The number of carbonyl (C=O) groups is 1. The molecule has 3 rings (SSSR count). The Morgan fingerprint density at radius 3 is 3.16 bits per heavy atom. The van der Waals surface area contributed by atoms with E-state index in [4.69, 9.17) is 5.11 Å². The monoisotopic (exact) mass is 278 g/mol. The molecule has 0 aliphatic heterocycles. The fraction of sp³-hybridized carbons (Fsp3) is 0.417. The number of allylic oxidation sites excluding steroid dienone is 1. The molecule has 0 unspecified atom stereocenters. The molecule has 6 nitrogen and oxygen atoms in total. The van der Waals surface area contributed by atoms with Crippen LogP contribution in [0.1, 0.15) is 36.2 Å². The smallest absolute Gasteiger partial charge is 0.357 e. The summed E-state index contributed by atoms with van der Waals surface area (Å²) >= 11 is 1.32. The van der Waals surface area contributed by atoms with Crippen LogP contribution in [-0.4, -0.2) is 32.2 Å². The van der Waals surface area contributed by atoms with Gasteiger partial charge in [0.2, 0.25) is 5.13 Å². The van der Waals surface area contributed by atoms with Gasteiger partial charge in [-0.3, -0.25) is 0 Å². The Hall–Kier alpha value is -1.89. The van der Waals surface area contributed by atoms with Crippen molar-refractivity contribution in [2.24, 2.45) is 0 Å². The molecule has 0 radical (unpaired) electrons. The average Bonchev–Trinajstić information content (AvgIpc) is 2.96. The van der Waals surface area contributed by atoms with E-state index in [9.17, 15) is 4.79 Å². The summed E-state index contributed by atoms with van der Waals surface area (Å²) in [4.78, 5) is 15.3. The van der Waals surface area contributed by atoms with E-state index in [0.717, 1.165) is 24.5 Å². The van der Waals surface area contributed by atoms with Crippen molar-refractivity contribution in [3.8, 4) is 0 Å². The molecule has 100 valence electrons. The second kappa shape index (κ2) is 5.00. The molecule has 19 heavy (non-hydrogen) atoms. The van der Waals surface area contributed by atoms with Gasteiger partial charge in [-0.2, -0.15) is 0 Å². The minimum absolute atomic E-state index is 0.0578. The quantitative estimate of drug-likeness (QED) is 0.839. The maximum atomic E-state index is 11.0. The third kappa shape index (κ3) is 2.46. The van der Waals surface area contributed by atoms with Crippen LogP contribution in [-0.2, 0) is 0 Å². The summed E-state index contributed by atoms with van der Waals surface area (Å²) in [5.41, 5.74) is 1.46. The third-order valence-electron chi connectivity index (χ3n) is 3.15. The van der Waals surface area contributed by atoms with Crippen molar-refractivity contribution < 1.29 is 9.90 Å². The first-order valence-electron chi connectivity index (χ1n) is 6.23. The molecule has 0 saturated carbocycles. The van der Waals surface area contributed by atoms with E-state index in [-0.39, 0.29) is 5.69 Å². The van der Waals surface area contributed by atoms with Crippen LogP contribution in [0.4, 0.5) is 5.13 Å². The highest BCUT2D eigenvalue weighted by Crippen LogP contribution is 2.24. The molecule has 2 aromatic heterocycles. The van der Waals surface area contributed by atoms with Crippen molar-refractivity contribution >= 4 is 27.3 Å². The van der Waals surface area contributed by atoms with Gasteiger partial charge in [0.15, 0.2) is 10.5 Å². The van der Waals surface area contributed by atoms with Gasteiger partial charge in [0, 0.05) is 6.54 Å². The average molecular weight is 278 g/mol. The van der Waals surface area contributed by atoms with E-state index in [0.29, 0.717) is 4.83 Å². The Balaban J connectivity index is 1.74. The lowest BCUT2D eigenvalue weighted by Crippen LogP contribution is -2.07. The first-order valence-corrected chi connectivity index (χ1v) is 7.05. The summed E-state index contributed by atoms with van der Waals surface area (Å²) in [5.74, 6) is -1.02. The lowest BCUT2D eigenvalue weighted by Gasteiger charge is -2.12. The molecular weight excluding hydrogens is 264 g/mol. The zero-order valence-electron chi connectivity index (χ0n) is 10.3. The van der Waals surface area contributed by atoms with Gasteiger partial charge in [-0.15, -0.1) is 5.10 Å². The molecule has 0 aromatic carbocycles. The Morgan fingerprint density at radius 2 is 2.42 bits per heavy atom. The van der Waals surface area contributed by atoms with Crippen LogP contribution < -0.4 is 5.32 Å². The summed E-state index contributed by atoms with van der Waals surface area (Å²) in [6.07, 6.45) is 8.53. The van der Waals surface area contributed by atoms with Crippen LogP contribution in [0, 0.1) is 0 Å². The fourth-order valence-electron chi connectivity index (χ4n) is 2.18. The van der Waals surface area contributed by atoms with Gasteiger partial charge in [0.1, 0.15) is 6.33 Å². The zero-order chi connectivity index (χ0) is 13.2. The van der Waals surface area contributed by atoms with Crippen LogP contribution in [0.3, 0.4) is 0 Å². The molecule has 1 aliphatic carbocycles. The van der Waals surface area contributed by atoms with Gasteiger partial charge in [-0.05, 0) is 25.7 Å². The molecular formula is C12H14N4O2S. The molecule has 2 N–H and O–H groups in total. The second-order valence-electron chi connectivity index (χ2n) is 4.52. The molecule has 7 heteroatoms. The lowest BCUT2D eigenvalue weighted by molar-refractivity contribution is 0.0693. The predicted octanol–water partition coefficient (Wildman–Crippen LogP) is 2.40. The highest BCUT2D eigenvalue weighted by atomic mass is 32.1. The van der Waals surface area contributed by atoms with E-state index in [2.05, 4.69) is 21.5 Å². The van der Waals surface area contributed by atoms with E-state index in [1.165, 1.54) is 40.6 Å². The number of imidazole rings is 1. The van der Waals surface area contributed by atoms with Crippen molar-refractivity contribution in [3.05, 3.63) is 23.7 Å². The number of hydrogen-bond donors (Lipinski definition) is 2. The maximum absolute atomic E-state index is 11.0. The second-order valence-corrected chi connectivity index (χ2v) is 5.49. The molecule has 2 aromatic rings. The predicted molar refractivity (Wildman–Crippen MR) is 72.9 cm³/mol. The Morgan fingerprint density at radius 1 is 1.53 bits per heavy atom. The molecule has 0 atom stereocenters. The number of carboxylic acids is 1. The summed E-state index contributed by atoms with van der Waals surface area (Å²) in [6.45, 7) is 0.784. The number of anilines is 1. The largest absolute Gasteiger partial charge is 0.476 e. The topological polar surface area (TPSA) is 79.5 Å². The first-order chi connectivity index (χ1) is 9.24. The Bertz CT molecular complexity index is 643. The maximum Gasteiger partial charge on any atom is 0.357 e. The van der Waals surface area contributed by atoms with Gasteiger partial charge >= 0.3 is 5.97 Å². The number of rotatable bonds is 4. The fourth-order valence-corrected chi connectivity index (χ4v) is 3.05. The minimum atomic E-state index is -1.02. The van der Waals surface area contributed by atoms with E-state index in [1.807, 2.05) is 0 Å². The van der Waals surface area contributed by atoms with Gasteiger partial charge in [-0.1, -0.05) is 23.0 Å². The van der Waals surface area contributed by atoms with Gasteiger partial charge in [0.05, 0.1) is 0 Å². The summed E-state index contributed by atoms with van der Waals surface area (Å²) in [6, 6.07) is 0. The SMILES string of the molecule is O=C(O)c1ncn2nc(NCC3=CCCCC3)sc12. The summed E-state index contributed by atoms with van der Waals surface area (Å²) < 4.78 is 1.51. The number of aromatic carboxylic acids is 1. The van der Waals surface area contributed by atoms with Gasteiger partial charge < -0.3 is 10.4 Å². The number of fused-ring (bicyclic) bond motifs is 1. The van der Waals surface area contributed by atoms with E-state index < -0.39 is 5.97 Å².